The van der Waals surface area contributed by atoms with E-state index in [4.69, 9.17) is 9.15 Å². The molecule has 1 amide bonds. The minimum atomic E-state index is -0.264. The van der Waals surface area contributed by atoms with E-state index >= 15 is 0 Å². The minimum Gasteiger partial charge on any atom is -0.453 e. The molecular formula is C16H21N3O3. The molecule has 0 atom stereocenters. The lowest BCUT2D eigenvalue weighted by molar-refractivity contribution is 0.0986. The van der Waals surface area contributed by atoms with Crippen LogP contribution in [0, 0.1) is 0 Å². The van der Waals surface area contributed by atoms with Gasteiger partial charge in [0.1, 0.15) is 18.2 Å². The van der Waals surface area contributed by atoms with Crippen LogP contribution in [0.4, 0.5) is 5.82 Å². The third-order valence-electron chi connectivity index (χ3n) is 4.00. The van der Waals surface area contributed by atoms with Gasteiger partial charge in [-0.2, -0.15) is 5.10 Å². The summed E-state index contributed by atoms with van der Waals surface area (Å²) in [6.07, 6.45) is 7.68. The topological polar surface area (TPSA) is 69.3 Å². The van der Waals surface area contributed by atoms with Crippen molar-refractivity contribution in [3.63, 3.8) is 0 Å². The molecule has 1 N–H and O–H groups in total. The highest BCUT2D eigenvalue weighted by Crippen LogP contribution is 2.30. The molecule has 1 aliphatic carbocycles. The minimum absolute atomic E-state index is 0.264. The van der Waals surface area contributed by atoms with Gasteiger partial charge in [0.15, 0.2) is 5.76 Å². The van der Waals surface area contributed by atoms with E-state index in [1.807, 2.05) is 10.7 Å². The normalized spacial score (nSPS) is 15.9. The number of hydrogen-bond acceptors (Lipinski definition) is 4. The Morgan fingerprint density at radius 3 is 2.95 bits per heavy atom. The number of amides is 1. The highest BCUT2D eigenvalue weighted by molar-refractivity contribution is 6.01. The van der Waals surface area contributed by atoms with Crippen molar-refractivity contribution in [1.29, 1.82) is 0 Å². The summed E-state index contributed by atoms with van der Waals surface area (Å²) in [7, 11) is 1.59. The van der Waals surface area contributed by atoms with E-state index in [1.54, 1.807) is 25.4 Å². The predicted molar refractivity (Wildman–Crippen MR) is 81.7 cm³/mol. The maximum atomic E-state index is 12.3. The van der Waals surface area contributed by atoms with Gasteiger partial charge in [-0.1, -0.05) is 19.3 Å². The summed E-state index contributed by atoms with van der Waals surface area (Å²) in [6.45, 7) is 0.354. The van der Waals surface area contributed by atoms with Crippen LogP contribution in [0.5, 0.6) is 0 Å². The average molecular weight is 303 g/mol. The summed E-state index contributed by atoms with van der Waals surface area (Å²) >= 11 is 0. The van der Waals surface area contributed by atoms with Crippen molar-refractivity contribution in [2.24, 2.45) is 0 Å². The fourth-order valence-electron chi connectivity index (χ4n) is 2.93. The van der Waals surface area contributed by atoms with Crippen LogP contribution in [-0.2, 0) is 11.3 Å². The second-order valence-electron chi connectivity index (χ2n) is 5.61. The molecule has 3 rings (SSSR count). The van der Waals surface area contributed by atoms with E-state index in [1.165, 1.54) is 19.3 Å². The number of nitrogens with zero attached hydrogens (tertiary/aromatic N) is 2. The molecule has 1 aliphatic rings. The molecule has 0 unspecified atom stereocenters. The Morgan fingerprint density at radius 2 is 2.18 bits per heavy atom. The second-order valence-corrected chi connectivity index (χ2v) is 5.61. The molecule has 1 saturated carbocycles. The third-order valence-corrected chi connectivity index (χ3v) is 4.00. The number of carbonyl (C=O) groups is 1. The van der Waals surface area contributed by atoms with Gasteiger partial charge >= 0.3 is 0 Å². The molecular weight excluding hydrogens is 282 g/mol. The Hall–Kier alpha value is -2.08. The van der Waals surface area contributed by atoms with Gasteiger partial charge < -0.3 is 14.5 Å². The van der Waals surface area contributed by atoms with Crippen LogP contribution in [0.15, 0.2) is 28.8 Å². The number of aromatic nitrogens is 2. The van der Waals surface area contributed by atoms with E-state index < -0.39 is 0 Å². The monoisotopic (exact) mass is 303 g/mol. The summed E-state index contributed by atoms with van der Waals surface area (Å²) in [5.74, 6) is 1.37. The van der Waals surface area contributed by atoms with Crippen LogP contribution in [0.2, 0.25) is 0 Å². The standard InChI is InChI=1S/C16H21N3O3/c1-21-11-13-7-8-14(22-13)16(20)18-15-9-10-17-19(15)12-5-3-2-4-6-12/h7-10,12H,2-6,11H2,1H3,(H,18,20). The zero-order valence-corrected chi connectivity index (χ0v) is 12.7. The number of carbonyl (C=O) groups excluding carboxylic acids is 1. The van der Waals surface area contributed by atoms with Gasteiger partial charge in [0.05, 0.1) is 12.2 Å². The van der Waals surface area contributed by atoms with E-state index in [-0.39, 0.29) is 11.7 Å². The maximum Gasteiger partial charge on any atom is 0.292 e. The summed E-state index contributed by atoms with van der Waals surface area (Å²) in [4.78, 5) is 12.3. The zero-order valence-electron chi connectivity index (χ0n) is 12.7. The summed E-state index contributed by atoms with van der Waals surface area (Å²) < 4.78 is 12.4. The van der Waals surface area contributed by atoms with Crippen LogP contribution in [0.1, 0.15) is 54.5 Å². The molecule has 0 radical (unpaired) electrons. The maximum absolute atomic E-state index is 12.3. The van der Waals surface area contributed by atoms with Gasteiger partial charge in [-0.3, -0.25) is 4.79 Å². The van der Waals surface area contributed by atoms with Gasteiger partial charge in [0, 0.05) is 13.2 Å². The third kappa shape index (κ3) is 3.22. The van der Waals surface area contributed by atoms with Gasteiger partial charge in [-0.25, -0.2) is 4.68 Å². The Kier molecular flexibility index (Phi) is 4.58. The van der Waals surface area contributed by atoms with Gasteiger partial charge in [0.25, 0.3) is 5.91 Å². The lowest BCUT2D eigenvalue weighted by Crippen LogP contribution is -2.20. The number of rotatable bonds is 5. The Labute approximate surface area is 129 Å². The molecule has 118 valence electrons. The fraction of sp³-hybridized carbons (Fsp3) is 0.500. The van der Waals surface area contributed by atoms with E-state index in [2.05, 4.69) is 10.4 Å². The first kappa shape index (κ1) is 14.8. The molecule has 0 bridgehead atoms. The lowest BCUT2D eigenvalue weighted by atomic mass is 9.96. The van der Waals surface area contributed by atoms with Crippen LogP contribution < -0.4 is 5.32 Å². The molecule has 1 fully saturated rings. The van der Waals surface area contributed by atoms with Crippen LogP contribution in [-0.4, -0.2) is 22.8 Å². The second kappa shape index (κ2) is 6.79. The van der Waals surface area contributed by atoms with Crippen LogP contribution >= 0.6 is 0 Å². The molecule has 0 spiro atoms. The molecule has 2 aromatic heterocycles. The Balaban J connectivity index is 1.69. The van der Waals surface area contributed by atoms with Crippen molar-refractivity contribution in [1.82, 2.24) is 9.78 Å². The smallest absolute Gasteiger partial charge is 0.292 e. The fourth-order valence-corrected chi connectivity index (χ4v) is 2.93. The summed E-state index contributed by atoms with van der Waals surface area (Å²) in [5, 5.41) is 7.26. The molecule has 2 heterocycles. The highest BCUT2D eigenvalue weighted by atomic mass is 16.5. The van der Waals surface area contributed by atoms with E-state index in [0.29, 0.717) is 18.4 Å². The number of nitrogens with one attached hydrogen (secondary N) is 1. The molecule has 0 saturated heterocycles. The number of anilines is 1. The molecule has 22 heavy (non-hydrogen) atoms. The van der Waals surface area contributed by atoms with Crippen molar-refractivity contribution < 1.29 is 13.9 Å². The number of ether oxygens (including phenoxy) is 1. The number of hydrogen-bond donors (Lipinski definition) is 1. The average Bonchev–Trinajstić information content (AvgIpc) is 3.18. The van der Waals surface area contributed by atoms with Crippen molar-refractivity contribution in [2.75, 3.05) is 12.4 Å². The quantitative estimate of drug-likeness (QED) is 0.919. The molecule has 0 aliphatic heterocycles. The largest absolute Gasteiger partial charge is 0.453 e. The van der Waals surface area contributed by atoms with E-state index in [0.717, 1.165) is 18.7 Å². The molecule has 6 heteroatoms. The van der Waals surface area contributed by atoms with Crippen molar-refractivity contribution in [3.8, 4) is 0 Å². The molecule has 6 nitrogen and oxygen atoms in total. The van der Waals surface area contributed by atoms with Gasteiger partial charge in [-0.15, -0.1) is 0 Å². The van der Waals surface area contributed by atoms with Crippen LogP contribution in [0.25, 0.3) is 0 Å². The van der Waals surface area contributed by atoms with E-state index in [9.17, 15) is 4.79 Å². The van der Waals surface area contributed by atoms with Crippen molar-refractivity contribution in [3.05, 3.63) is 35.9 Å². The summed E-state index contributed by atoms with van der Waals surface area (Å²) in [6, 6.07) is 5.60. The number of methoxy groups -OCH3 is 1. The molecule has 2 aromatic rings. The highest BCUT2D eigenvalue weighted by Gasteiger charge is 2.20. The Bertz CT molecular complexity index is 626. The predicted octanol–water partition coefficient (Wildman–Crippen LogP) is 3.38. The lowest BCUT2D eigenvalue weighted by Gasteiger charge is -2.23. The van der Waals surface area contributed by atoms with Crippen LogP contribution in [0.3, 0.4) is 0 Å². The first-order valence-electron chi connectivity index (χ1n) is 7.70. The van der Waals surface area contributed by atoms with Crippen molar-refractivity contribution in [2.45, 2.75) is 44.8 Å². The van der Waals surface area contributed by atoms with Gasteiger partial charge in [-0.05, 0) is 25.0 Å². The molecule has 0 aromatic carbocycles. The Morgan fingerprint density at radius 1 is 1.36 bits per heavy atom. The SMILES string of the molecule is COCc1ccc(C(=O)Nc2ccnn2C2CCCCC2)o1. The zero-order chi connectivity index (χ0) is 15.4. The summed E-state index contributed by atoms with van der Waals surface area (Å²) in [5.41, 5.74) is 0. The van der Waals surface area contributed by atoms with Crippen molar-refractivity contribution >= 4 is 11.7 Å². The first-order chi connectivity index (χ1) is 10.8. The van der Waals surface area contributed by atoms with Gasteiger partial charge in [0.2, 0.25) is 0 Å². The number of furan rings is 1. The first-order valence-corrected chi connectivity index (χ1v) is 7.70.